The van der Waals surface area contributed by atoms with Crippen LogP contribution in [0, 0.1) is 0 Å². The van der Waals surface area contributed by atoms with Crippen LogP contribution in [0.15, 0.2) is 78.9 Å². The van der Waals surface area contributed by atoms with Crippen molar-refractivity contribution in [2.45, 2.75) is 13.0 Å². The number of ether oxygens (including phenoxy) is 1. The summed E-state index contributed by atoms with van der Waals surface area (Å²) < 4.78 is 7.09. The summed E-state index contributed by atoms with van der Waals surface area (Å²) in [5.41, 5.74) is 1.64. The standard InChI is InChI=1S/C24H23N3O2S/c1-17(24-26-20-13-7-9-15-22(20)30-24)27(2)16-23(28)25-19-12-6-8-14-21(19)29-18-10-4-3-5-11-18/h3-15,17H,16H2,1-2H3,(H,25,28)/t17-/m1/s1. The fourth-order valence-electron chi connectivity index (χ4n) is 3.08. The quantitative estimate of drug-likeness (QED) is 0.418. The first-order valence-corrected chi connectivity index (χ1v) is 10.6. The second kappa shape index (κ2) is 9.07. The first kappa shape index (κ1) is 20.1. The number of anilines is 1. The highest BCUT2D eigenvalue weighted by Crippen LogP contribution is 2.30. The molecule has 4 rings (SSSR count). The van der Waals surface area contributed by atoms with E-state index >= 15 is 0 Å². The number of fused-ring (bicyclic) bond motifs is 1. The monoisotopic (exact) mass is 417 g/mol. The zero-order valence-corrected chi connectivity index (χ0v) is 17.7. The molecule has 0 fully saturated rings. The highest BCUT2D eigenvalue weighted by molar-refractivity contribution is 7.18. The Labute approximate surface area is 179 Å². The lowest BCUT2D eigenvalue weighted by molar-refractivity contribution is -0.117. The molecule has 4 aromatic rings. The SMILES string of the molecule is C[C@H](c1nc2ccccc2s1)N(C)CC(=O)Nc1ccccc1Oc1ccccc1. The number of nitrogens with one attached hydrogen (secondary N) is 1. The zero-order chi connectivity index (χ0) is 20.9. The predicted octanol–water partition coefficient (Wildman–Crippen LogP) is 5.72. The highest BCUT2D eigenvalue weighted by atomic mass is 32.1. The van der Waals surface area contributed by atoms with Gasteiger partial charge in [0, 0.05) is 0 Å². The van der Waals surface area contributed by atoms with Crippen molar-refractivity contribution in [2.24, 2.45) is 0 Å². The van der Waals surface area contributed by atoms with Crippen LogP contribution in [0.25, 0.3) is 10.2 Å². The molecule has 3 aromatic carbocycles. The van der Waals surface area contributed by atoms with Crippen LogP contribution in [0.4, 0.5) is 5.69 Å². The molecule has 1 N–H and O–H groups in total. The van der Waals surface area contributed by atoms with Crippen molar-refractivity contribution in [3.63, 3.8) is 0 Å². The van der Waals surface area contributed by atoms with E-state index in [4.69, 9.17) is 9.72 Å². The van der Waals surface area contributed by atoms with Crippen LogP contribution in [0.5, 0.6) is 11.5 Å². The van der Waals surface area contributed by atoms with Gasteiger partial charge >= 0.3 is 0 Å². The molecule has 1 heterocycles. The third kappa shape index (κ3) is 4.67. The third-order valence-corrected chi connectivity index (χ3v) is 6.06. The molecule has 1 amide bonds. The fraction of sp³-hybridized carbons (Fsp3) is 0.167. The zero-order valence-electron chi connectivity index (χ0n) is 16.9. The Morgan fingerprint density at radius 2 is 1.73 bits per heavy atom. The number of benzene rings is 3. The number of carbonyl (C=O) groups is 1. The number of hydrogen-bond acceptors (Lipinski definition) is 5. The van der Waals surface area contributed by atoms with Crippen LogP contribution in [-0.4, -0.2) is 29.4 Å². The van der Waals surface area contributed by atoms with Gasteiger partial charge in [0.15, 0.2) is 5.75 Å². The molecular weight excluding hydrogens is 394 g/mol. The van der Waals surface area contributed by atoms with Gasteiger partial charge in [-0.3, -0.25) is 9.69 Å². The molecule has 1 atom stereocenters. The minimum atomic E-state index is -0.102. The summed E-state index contributed by atoms with van der Waals surface area (Å²) in [7, 11) is 1.93. The van der Waals surface area contributed by atoms with Crippen LogP contribution in [0.2, 0.25) is 0 Å². The van der Waals surface area contributed by atoms with E-state index in [2.05, 4.69) is 18.3 Å². The Kier molecular flexibility index (Phi) is 6.07. The number of carbonyl (C=O) groups excluding carboxylic acids is 1. The summed E-state index contributed by atoms with van der Waals surface area (Å²) in [6, 6.07) is 25.1. The molecule has 0 aliphatic rings. The van der Waals surface area contributed by atoms with Gasteiger partial charge in [-0.25, -0.2) is 4.98 Å². The van der Waals surface area contributed by atoms with Gasteiger partial charge in [0.2, 0.25) is 5.91 Å². The van der Waals surface area contributed by atoms with E-state index in [0.29, 0.717) is 11.4 Å². The molecule has 0 spiro atoms. The van der Waals surface area contributed by atoms with Crippen molar-refractivity contribution in [3.05, 3.63) is 83.9 Å². The molecule has 0 aliphatic heterocycles. The lowest BCUT2D eigenvalue weighted by atomic mass is 10.2. The molecule has 1 aromatic heterocycles. The van der Waals surface area contributed by atoms with Crippen molar-refractivity contribution < 1.29 is 9.53 Å². The van der Waals surface area contributed by atoms with E-state index < -0.39 is 0 Å². The van der Waals surface area contributed by atoms with Crippen molar-refractivity contribution in [3.8, 4) is 11.5 Å². The molecular formula is C24H23N3O2S. The van der Waals surface area contributed by atoms with Gasteiger partial charge in [0.25, 0.3) is 0 Å². The van der Waals surface area contributed by atoms with Crippen LogP contribution >= 0.6 is 11.3 Å². The number of rotatable bonds is 7. The molecule has 6 heteroatoms. The summed E-state index contributed by atoms with van der Waals surface area (Å²) in [4.78, 5) is 19.4. The van der Waals surface area contributed by atoms with Gasteiger partial charge in [-0.1, -0.05) is 42.5 Å². The number of nitrogens with zero attached hydrogens (tertiary/aromatic N) is 2. The summed E-state index contributed by atoms with van der Waals surface area (Å²) in [6.07, 6.45) is 0. The Bertz CT molecular complexity index is 1110. The summed E-state index contributed by atoms with van der Waals surface area (Å²) in [5, 5.41) is 3.97. The van der Waals surface area contributed by atoms with Crippen LogP contribution in [0.3, 0.4) is 0 Å². The van der Waals surface area contributed by atoms with Gasteiger partial charge in [0.05, 0.1) is 28.5 Å². The number of para-hydroxylation sites is 4. The summed E-state index contributed by atoms with van der Waals surface area (Å²) in [5.74, 6) is 1.23. The normalized spacial score (nSPS) is 12.1. The maximum Gasteiger partial charge on any atom is 0.238 e. The minimum absolute atomic E-state index is 0.0314. The van der Waals surface area contributed by atoms with E-state index in [1.54, 1.807) is 11.3 Å². The van der Waals surface area contributed by atoms with E-state index in [1.807, 2.05) is 84.7 Å². The number of thiazole rings is 1. The molecule has 152 valence electrons. The second-order valence-electron chi connectivity index (χ2n) is 7.07. The topological polar surface area (TPSA) is 54.5 Å². The lowest BCUT2D eigenvalue weighted by Crippen LogP contribution is -2.32. The van der Waals surface area contributed by atoms with Gasteiger partial charge in [-0.15, -0.1) is 11.3 Å². The van der Waals surface area contributed by atoms with Gasteiger partial charge in [-0.2, -0.15) is 0 Å². The van der Waals surface area contributed by atoms with E-state index in [9.17, 15) is 4.79 Å². The molecule has 0 bridgehead atoms. The molecule has 30 heavy (non-hydrogen) atoms. The van der Waals surface area contributed by atoms with Crippen molar-refractivity contribution >= 4 is 33.1 Å². The highest BCUT2D eigenvalue weighted by Gasteiger charge is 2.19. The molecule has 0 radical (unpaired) electrons. The van der Waals surface area contributed by atoms with Crippen molar-refractivity contribution in [1.29, 1.82) is 0 Å². The first-order chi connectivity index (χ1) is 14.6. The molecule has 0 aliphatic carbocycles. The fourth-order valence-corrected chi connectivity index (χ4v) is 4.17. The summed E-state index contributed by atoms with van der Waals surface area (Å²) in [6.45, 7) is 2.31. The predicted molar refractivity (Wildman–Crippen MR) is 122 cm³/mol. The maximum absolute atomic E-state index is 12.7. The van der Waals surface area contributed by atoms with E-state index in [0.717, 1.165) is 21.0 Å². The second-order valence-corrected chi connectivity index (χ2v) is 8.13. The van der Waals surface area contributed by atoms with E-state index in [-0.39, 0.29) is 18.5 Å². The number of hydrogen-bond donors (Lipinski definition) is 1. The summed E-state index contributed by atoms with van der Waals surface area (Å²) >= 11 is 1.66. The molecule has 0 unspecified atom stereocenters. The average molecular weight is 418 g/mol. The Balaban J connectivity index is 1.42. The number of likely N-dealkylation sites (N-methyl/N-ethyl adjacent to an activating group) is 1. The third-order valence-electron chi connectivity index (χ3n) is 4.85. The maximum atomic E-state index is 12.7. The van der Waals surface area contributed by atoms with Crippen LogP contribution < -0.4 is 10.1 Å². The van der Waals surface area contributed by atoms with Crippen LogP contribution in [-0.2, 0) is 4.79 Å². The van der Waals surface area contributed by atoms with Crippen LogP contribution in [0.1, 0.15) is 18.0 Å². The first-order valence-electron chi connectivity index (χ1n) is 9.77. The Hall–Kier alpha value is -3.22. The number of amides is 1. The molecule has 0 saturated heterocycles. The average Bonchev–Trinajstić information content (AvgIpc) is 3.19. The van der Waals surface area contributed by atoms with Crippen molar-refractivity contribution in [1.82, 2.24) is 9.88 Å². The molecule has 0 saturated carbocycles. The van der Waals surface area contributed by atoms with E-state index in [1.165, 1.54) is 0 Å². The van der Waals surface area contributed by atoms with Gasteiger partial charge in [0.1, 0.15) is 10.8 Å². The smallest absolute Gasteiger partial charge is 0.238 e. The number of aromatic nitrogens is 1. The molecule has 5 nitrogen and oxygen atoms in total. The lowest BCUT2D eigenvalue weighted by Gasteiger charge is -2.22. The Morgan fingerprint density at radius 1 is 1.03 bits per heavy atom. The Morgan fingerprint density at radius 3 is 2.53 bits per heavy atom. The minimum Gasteiger partial charge on any atom is -0.455 e. The van der Waals surface area contributed by atoms with Gasteiger partial charge in [-0.05, 0) is 50.4 Å². The van der Waals surface area contributed by atoms with Crippen molar-refractivity contribution in [2.75, 3.05) is 18.9 Å². The largest absolute Gasteiger partial charge is 0.455 e. The van der Waals surface area contributed by atoms with Gasteiger partial charge < -0.3 is 10.1 Å².